The average Bonchev–Trinajstić information content (AvgIpc) is 2.56. The van der Waals surface area contributed by atoms with Crippen LogP contribution in [0.3, 0.4) is 0 Å². The molecule has 2 heterocycles. The molecule has 0 unspecified atom stereocenters. The molecule has 0 aliphatic heterocycles. The summed E-state index contributed by atoms with van der Waals surface area (Å²) >= 11 is 0. The lowest BCUT2D eigenvalue weighted by atomic mass is 10.2. The van der Waals surface area contributed by atoms with E-state index in [0.29, 0.717) is 5.69 Å². The number of pyridine rings is 1. The molecule has 15 heavy (non-hydrogen) atoms. The summed E-state index contributed by atoms with van der Waals surface area (Å²) in [6.45, 7) is 1.88. The summed E-state index contributed by atoms with van der Waals surface area (Å²) in [7, 11) is 1.89. The van der Waals surface area contributed by atoms with Gasteiger partial charge in [0, 0.05) is 25.0 Å². The van der Waals surface area contributed by atoms with Crippen LogP contribution in [0.15, 0.2) is 24.5 Å². The van der Waals surface area contributed by atoms with E-state index >= 15 is 0 Å². The van der Waals surface area contributed by atoms with Crippen LogP contribution in [0.2, 0.25) is 0 Å². The SMILES string of the molecule is Cc1nc(C#N)c(-c2cccnc2)n1C. The van der Waals surface area contributed by atoms with Crippen LogP contribution in [0.25, 0.3) is 11.3 Å². The second-order valence-corrected chi connectivity index (χ2v) is 3.27. The number of imidazole rings is 1. The molecule has 0 N–H and O–H groups in total. The van der Waals surface area contributed by atoms with Gasteiger partial charge in [-0.1, -0.05) is 0 Å². The Bertz CT molecular complexity index is 520. The molecule has 2 rings (SSSR count). The molecular formula is C11H10N4. The summed E-state index contributed by atoms with van der Waals surface area (Å²) in [5.41, 5.74) is 2.18. The molecule has 0 aliphatic carbocycles. The van der Waals surface area contributed by atoms with E-state index in [9.17, 15) is 0 Å². The Balaban J connectivity index is 2.68. The minimum Gasteiger partial charge on any atom is -0.330 e. The van der Waals surface area contributed by atoms with E-state index in [1.807, 2.05) is 30.7 Å². The Morgan fingerprint density at radius 1 is 1.47 bits per heavy atom. The van der Waals surface area contributed by atoms with Crippen molar-refractivity contribution >= 4 is 0 Å². The summed E-state index contributed by atoms with van der Waals surface area (Å²) in [4.78, 5) is 8.22. The first kappa shape index (κ1) is 9.41. The topological polar surface area (TPSA) is 54.5 Å². The molecule has 0 saturated heterocycles. The fourth-order valence-electron chi connectivity index (χ4n) is 1.52. The number of hydrogen-bond donors (Lipinski definition) is 0. The molecule has 0 amide bonds. The maximum Gasteiger partial charge on any atom is 0.166 e. The lowest BCUT2D eigenvalue weighted by Crippen LogP contribution is -1.95. The van der Waals surface area contributed by atoms with Gasteiger partial charge in [0.2, 0.25) is 0 Å². The highest BCUT2D eigenvalue weighted by Crippen LogP contribution is 2.22. The van der Waals surface area contributed by atoms with Gasteiger partial charge < -0.3 is 4.57 Å². The molecule has 0 bridgehead atoms. The molecule has 0 atom stereocenters. The predicted octanol–water partition coefficient (Wildman–Crippen LogP) is 1.66. The number of rotatable bonds is 1. The van der Waals surface area contributed by atoms with Gasteiger partial charge >= 0.3 is 0 Å². The van der Waals surface area contributed by atoms with Crippen LogP contribution >= 0.6 is 0 Å². The first-order valence-corrected chi connectivity index (χ1v) is 4.58. The fourth-order valence-corrected chi connectivity index (χ4v) is 1.52. The van der Waals surface area contributed by atoms with Gasteiger partial charge in [-0.2, -0.15) is 5.26 Å². The van der Waals surface area contributed by atoms with Crippen molar-refractivity contribution in [1.29, 1.82) is 5.26 Å². The van der Waals surface area contributed by atoms with Crippen LogP contribution in [0.5, 0.6) is 0 Å². The van der Waals surface area contributed by atoms with Gasteiger partial charge in [-0.25, -0.2) is 4.98 Å². The molecule has 0 saturated carbocycles. The second-order valence-electron chi connectivity index (χ2n) is 3.27. The van der Waals surface area contributed by atoms with Crippen LogP contribution in [-0.4, -0.2) is 14.5 Å². The van der Waals surface area contributed by atoms with Gasteiger partial charge in [0.15, 0.2) is 5.69 Å². The number of aryl methyl sites for hydroxylation is 1. The summed E-state index contributed by atoms with van der Waals surface area (Å²) < 4.78 is 1.90. The van der Waals surface area contributed by atoms with Gasteiger partial charge in [-0.05, 0) is 19.1 Å². The molecule has 4 heteroatoms. The zero-order valence-corrected chi connectivity index (χ0v) is 8.60. The molecule has 0 fully saturated rings. The maximum absolute atomic E-state index is 8.97. The van der Waals surface area contributed by atoms with E-state index in [1.165, 1.54) is 0 Å². The lowest BCUT2D eigenvalue weighted by Gasteiger charge is -2.02. The first-order valence-electron chi connectivity index (χ1n) is 4.58. The third kappa shape index (κ3) is 1.48. The average molecular weight is 198 g/mol. The van der Waals surface area contributed by atoms with Crippen LogP contribution in [0.1, 0.15) is 11.5 Å². The summed E-state index contributed by atoms with van der Waals surface area (Å²) in [5, 5.41) is 8.97. The number of hydrogen-bond acceptors (Lipinski definition) is 3. The van der Waals surface area contributed by atoms with E-state index in [1.54, 1.807) is 12.4 Å². The van der Waals surface area contributed by atoms with Crippen molar-refractivity contribution in [2.45, 2.75) is 6.92 Å². The van der Waals surface area contributed by atoms with Crippen molar-refractivity contribution < 1.29 is 0 Å². The van der Waals surface area contributed by atoms with Crippen LogP contribution in [0.4, 0.5) is 0 Å². The van der Waals surface area contributed by atoms with Crippen molar-refractivity contribution in [2.24, 2.45) is 7.05 Å². The molecule has 74 valence electrons. The van der Waals surface area contributed by atoms with Gasteiger partial charge in [0.05, 0.1) is 5.69 Å². The number of nitriles is 1. The highest BCUT2D eigenvalue weighted by atomic mass is 15.1. The Kier molecular flexibility index (Phi) is 2.22. The van der Waals surface area contributed by atoms with Gasteiger partial charge in [-0.15, -0.1) is 0 Å². The fraction of sp³-hybridized carbons (Fsp3) is 0.182. The molecule has 0 spiro atoms. The van der Waals surface area contributed by atoms with Gasteiger partial charge in [0.1, 0.15) is 11.9 Å². The van der Waals surface area contributed by atoms with Crippen molar-refractivity contribution in [3.63, 3.8) is 0 Å². The number of nitrogens with zero attached hydrogens (tertiary/aromatic N) is 4. The standard InChI is InChI=1S/C11H10N4/c1-8-14-10(6-12)11(15(8)2)9-4-3-5-13-7-9/h3-5,7H,1-2H3. The van der Waals surface area contributed by atoms with Gasteiger partial charge in [0.25, 0.3) is 0 Å². The highest BCUT2D eigenvalue weighted by molar-refractivity contribution is 5.64. The zero-order chi connectivity index (χ0) is 10.8. The number of aromatic nitrogens is 3. The van der Waals surface area contributed by atoms with Crippen LogP contribution in [-0.2, 0) is 7.05 Å². The highest BCUT2D eigenvalue weighted by Gasteiger charge is 2.13. The largest absolute Gasteiger partial charge is 0.330 e. The molecule has 4 nitrogen and oxygen atoms in total. The molecule has 2 aromatic heterocycles. The Hall–Kier alpha value is -2.15. The lowest BCUT2D eigenvalue weighted by molar-refractivity contribution is 0.864. The molecular weight excluding hydrogens is 188 g/mol. The Morgan fingerprint density at radius 3 is 2.87 bits per heavy atom. The summed E-state index contributed by atoms with van der Waals surface area (Å²) in [6.07, 6.45) is 3.44. The van der Waals surface area contributed by atoms with E-state index < -0.39 is 0 Å². The Morgan fingerprint density at radius 2 is 2.27 bits per heavy atom. The quantitative estimate of drug-likeness (QED) is 0.700. The monoisotopic (exact) mass is 198 g/mol. The van der Waals surface area contributed by atoms with E-state index in [0.717, 1.165) is 17.1 Å². The van der Waals surface area contributed by atoms with Crippen molar-refractivity contribution in [3.05, 3.63) is 36.0 Å². The molecule has 0 aromatic carbocycles. The van der Waals surface area contributed by atoms with Crippen molar-refractivity contribution in [1.82, 2.24) is 14.5 Å². The van der Waals surface area contributed by atoms with E-state index in [-0.39, 0.29) is 0 Å². The van der Waals surface area contributed by atoms with E-state index in [2.05, 4.69) is 16.0 Å². The summed E-state index contributed by atoms with van der Waals surface area (Å²) in [6, 6.07) is 5.86. The third-order valence-corrected chi connectivity index (χ3v) is 2.36. The molecule has 0 aliphatic rings. The van der Waals surface area contributed by atoms with Crippen LogP contribution in [0, 0.1) is 18.3 Å². The minimum atomic E-state index is 0.447. The van der Waals surface area contributed by atoms with Gasteiger partial charge in [-0.3, -0.25) is 4.98 Å². The third-order valence-electron chi connectivity index (χ3n) is 2.36. The van der Waals surface area contributed by atoms with Crippen molar-refractivity contribution in [2.75, 3.05) is 0 Å². The second kappa shape index (κ2) is 3.54. The molecule has 2 aromatic rings. The van der Waals surface area contributed by atoms with Crippen molar-refractivity contribution in [3.8, 4) is 17.3 Å². The van der Waals surface area contributed by atoms with Crippen LogP contribution < -0.4 is 0 Å². The zero-order valence-electron chi connectivity index (χ0n) is 8.60. The maximum atomic E-state index is 8.97. The smallest absolute Gasteiger partial charge is 0.166 e. The minimum absolute atomic E-state index is 0.447. The van der Waals surface area contributed by atoms with E-state index in [4.69, 9.17) is 5.26 Å². The Labute approximate surface area is 87.8 Å². The molecule has 0 radical (unpaired) electrons. The normalized spacial score (nSPS) is 9.93. The predicted molar refractivity (Wildman–Crippen MR) is 55.9 cm³/mol. The first-order chi connectivity index (χ1) is 7.24. The summed E-state index contributed by atoms with van der Waals surface area (Å²) in [5.74, 6) is 0.824.